The summed E-state index contributed by atoms with van der Waals surface area (Å²) in [7, 11) is 0. The Labute approximate surface area is 133 Å². The van der Waals surface area contributed by atoms with Gasteiger partial charge in [-0.15, -0.1) is 0 Å². The fourth-order valence-electron chi connectivity index (χ4n) is 2.10. The molecule has 1 aromatic rings. The summed E-state index contributed by atoms with van der Waals surface area (Å²) >= 11 is 3.38. The van der Waals surface area contributed by atoms with Crippen molar-refractivity contribution in [2.24, 2.45) is 5.41 Å². The van der Waals surface area contributed by atoms with Crippen molar-refractivity contribution < 1.29 is 14.3 Å². The van der Waals surface area contributed by atoms with Gasteiger partial charge < -0.3 is 9.47 Å². The Hall–Kier alpha value is -1.38. The zero-order valence-electron chi connectivity index (χ0n) is 12.4. The fraction of sp³-hybridized carbons (Fsp3) is 0.500. The lowest BCUT2D eigenvalue weighted by atomic mass is 9.95. The molecule has 1 heterocycles. The van der Waals surface area contributed by atoms with Gasteiger partial charge >= 0.3 is 5.97 Å². The van der Waals surface area contributed by atoms with Crippen LogP contribution in [0, 0.1) is 12.0 Å². The van der Waals surface area contributed by atoms with E-state index in [2.05, 4.69) is 20.8 Å². The van der Waals surface area contributed by atoms with Crippen molar-refractivity contribution in [3.8, 4) is 0 Å². The second-order valence-electron chi connectivity index (χ2n) is 6.30. The molecule has 0 N–H and O–H groups in total. The lowest BCUT2D eigenvalue weighted by Crippen LogP contribution is -2.41. The summed E-state index contributed by atoms with van der Waals surface area (Å²) in [6.45, 7) is 12.9. The number of ether oxygens (including phenoxy) is 2. The minimum Gasteiger partial charge on any atom is -0.433 e. The summed E-state index contributed by atoms with van der Waals surface area (Å²) < 4.78 is 11.4. The van der Waals surface area contributed by atoms with Gasteiger partial charge in [0.15, 0.2) is 11.3 Å². The van der Waals surface area contributed by atoms with Gasteiger partial charge in [0.2, 0.25) is 6.29 Å². The minimum absolute atomic E-state index is 0.270. The molecule has 1 aliphatic rings. The standard InChI is InChI=1S/C16H18BrNO3/c1-15(2,3)14-20-13(19)16(10-17,21-14)9-11-5-7-12(18-4)8-6-11/h5-8,14H,9-10H2,1-3H3/t14-,16+/m1/s1. The van der Waals surface area contributed by atoms with Crippen LogP contribution in [-0.2, 0) is 20.7 Å². The molecule has 0 saturated carbocycles. The van der Waals surface area contributed by atoms with Crippen LogP contribution in [0.1, 0.15) is 26.3 Å². The molecule has 21 heavy (non-hydrogen) atoms. The van der Waals surface area contributed by atoms with Crippen molar-refractivity contribution in [2.75, 3.05) is 5.33 Å². The number of benzene rings is 1. The number of hydrogen-bond acceptors (Lipinski definition) is 3. The molecule has 1 aliphatic heterocycles. The number of nitrogens with zero attached hydrogens (tertiary/aromatic N) is 1. The Morgan fingerprint density at radius 1 is 1.33 bits per heavy atom. The zero-order valence-corrected chi connectivity index (χ0v) is 13.9. The Bertz CT molecular complexity index is 571. The van der Waals surface area contributed by atoms with Gasteiger partial charge in [0.05, 0.1) is 6.57 Å². The molecule has 112 valence electrons. The molecule has 0 unspecified atom stereocenters. The topological polar surface area (TPSA) is 39.9 Å². The lowest BCUT2D eigenvalue weighted by Gasteiger charge is -2.27. The van der Waals surface area contributed by atoms with E-state index in [-0.39, 0.29) is 11.4 Å². The highest BCUT2D eigenvalue weighted by Gasteiger charge is 2.52. The Kier molecular flexibility index (Phi) is 4.40. The van der Waals surface area contributed by atoms with Crippen molar-refractivity contribution in [2.45, 2.75) is 39.1 Å². The summed E-state index contributed by atoms with van der Waals surface area (Å²) in [6.07, 6.45) is -0.132. The highest BCUT2D eigenvalue weighted by atomic mass is 79.9. The summed E-state index contributed by atoms with van der Waals surface area (Å²) in [4.78, 5) is 15.6. The second-order valence-corrected chi connectivity index (χ2v) is 6.86. The van der Waals surface area contributed by atoms with Gasteiger partial charge in [-0.2, -0.15) is 0 Å². The molecule has 5 heteroatoms. The number of rotatable bonds is 3. The monoisotopic (exact) mass is 351 g/mol. The van der Waals surface area contributed by atoms with Crippen LogP contribution < -0.4 is 0 Å². The van der Waals surface area contributed by atoms with E-state index in [1.807, 2.05) is 32.9 Å². The molecule has 1 saturated heterocycles. The van der Waals surface area contributed by atoms with E-state index in [1.54, 1.807) is 12.1 Å². The first-order valence-corrected chi connectivity index (χ1v) is 7.84. The van der Waals surface area contributed by atoms with Gasteiger partial charge in [-0.25, -0.2) is 9.64 Å². The van der Waals surface area contributed by atoms with E-state index < -0.39 is 11.9 Å². The first-order valence-electron chi connectivity index (χ1n) is 6.72. The number of carbonyl (C=O) groups excluding carboxylic acids is 1. The van der Waals surface area contributed by atoms with Gasteiger partial charge in [-0.3, -0.25) is 0 Å². The first kappa shape index (κ1) is 16.0. The van der Waals surface area contributed by atoms with Crippen LogP contribution in [0.4, 0.5) is 5.69 Å². The normalized spacial score (nSPS) is 25.5. The third-order valence-corrected chi connectivity index (χ3v) is 4.30. The number of halogens is 1. The summed E-state index contributed by atoms with van der Waals surface area (Å²) in [5.74, 6) is -0.339. The van der Waals surface area contributed by atoms with Gasteiger partial charge in [0.25, 0.3) is 0 Å². The van der Waals surface area contributed by atoms with Gasteiger partial charge in [0.1, 0.15) is 0 Å². The average Bonchev–Trinajstić information content (AvgIpc) is 2.77. The van der Waals surface area contributed by atoms with E-state index in [9.17, 15) is 4.79 Å². The minimum atomic E-state index is -1.00. The number of carbonyl (C=O) groups is 1. The van der Waals surface area contributed by atoms with E-state index in [1.165, 1.54) is 0 Å². The fourth-order valence-corrected chi connectivity index (χ4v) is 2.66. The summed E-state index contributed by atoms with van der Waals surface area (Å²) in [5.41, 5.74) is 0.243. The maximum absolute atomic E-state index is 12.3. The number of esters is 1. The van der Waals surface area contributed by atoms with Crippen molar-refractivity contribution in [1.29, 1.82) is 0 Å². The van der Waals surface area contributed by atoms with Gasteiger partial charge in [-0.05, 0) is 5.56 Å². The molecule has 1 aromatic carbocycles. The molecule has 0 aromatic heterocycles. The molecule has 0 spiro atoms. The van der Waals surface area contributed by atoms with Crippen molar-refractivity contribution >= 4 is 27.6 Å². The van der Waals surface area contributed by atoms with E-state index in [4.69, 9.17) is 16.0 Å². The molecule has 0 radical (unpaired) electrons. The lowest BCUT2D eigenvalue weighted by molar-refractivity contribution is -0.155. The van der Waals surface area contributed by atoms with Gasteiger partial charge in [0, 0.05) is 17.2 Å². The quantitative estimate of drug-likeness (QED) is 0.471. The molecule has 4 nitrogen and oxygen atoms in total. The smallest absolute Gasteiger partial charge is 0.342 e. The third kappa shape index (κ3) is 3.28. The molecular weight excluding hydrogens is 334 g/mol. The first-order chi connectivity index (χ1) is 9.80. The van der Waals surface area contributed by atoms with E-state index in [0.717, 1.165) is 5.56 Å². The van der Waals surface area contributed by atoms with Crippen LogP contribution in [0.15, 0.2) is 24.3 Å². The van der Waals surface area contributed by atoms with Crippen LogP contribution in [0.25, 0.3) is 4.85 Å². The average molecular weight is 352 g/mol. The maximum atomic E-state index is 12.3. The van der Waals surface area contributed by atoms with Crippen LogP contribution in [0.2, 0.25) is 0 Å². The SMILES string of the molecule is [C-]#[N+]c1ccc(C[C@@]2(CBr)O[C@H](C(C)(C)C)OC2=O)cc1. The molecule has 0 aliphatic carbocycles. The third-order valence-electron chi connectivity index (χ3n) is 3.40. The van der Waals surface area contributed by atoms with Crippen LogP contribution >= 0.6 is 15.9 Å². The molecule has 0 bridgehead atoms. The highest BCUT2D eigenvalue weighted by Crippen LogP contribution is 2.37. The van der Waals surface area contributed by atoms with Crippen molar-refractivity contribution in [3.05, 3.63) is 41.2 Å². The second kappa shape index (κ2) is 5.78. The number of cyclic esters (lactones) is 1. The van der Waals surface area contributed by atoms with E-state index in [0.29, 0.717) is 17.4 Å². The molecule has 1 fully saturated rings. The molecule has 2 rings (SSSR count). The Morgan fingerprint density at radius 3 is 2.38 bits per heavy atom. The predicted octanol–water partition coefficient (Wildman–Crippen LogP) is 3.86. The Balaban J connectivity index is 2.22. The van der Waals surface area contributed by atoms with Crippen molar-refractivity contribution in [3.63, 3.8) is 0 Å². The molecule has 2 atom stereocenters. The largest absolute Gasteiger partial charge is 0.433 e. The Morgan fingerprint density at radius 2 is 1.95 bits per heavy atom. The maximum Gasteiger partial charge on any atom is 0.342 e. The van der Waals surface area contributed by atoms with Crippen LogP contribution in [-0.4, -0.2) is 23.2 Å². The van der Waals surface area contributed by atoms with Crippen LogP contribution in [0.5, 0.6) is 0 Å². The molecular formula is C16H18BrNO3. The number of hydrogen-bond donors (Lipinski definition) is 0. The van der Waals surface area contributed by atoms with Gasteiger partial charge in [-0.1, -0.05) is 61.0 Å². The van der Waals surface area contributed by atoms with Crippen molar-refractivity contribution in [1.82, 2.24) is 0 Å². The van der Waals surface area contributed by atoms with Crippen LogP contribution in [0.3, 0.4) is 0 Å². The summed E-state index contributed by atoms with van der Waals surface area (Å²) in [5, 5.41) is 0.371. The summed E-state index contributed by atoms with van der Waals surface area (Å²) in [6, 6.07) is 7.18. The van der Waals surface area contributed by atoms with E-state index >= 15 is 0 Å². The number of alkyl halides is 1. The predicted molar refractivity (Wildman–Crippen MR) is 83.4 cm³/mol. The molecule has 0 amide bonds. The highest BCUT2D eigenvalue weighted by molar-refractivity contribution is 9.09. The zero-order chi connectivity index (χ0) is 15.7.